The molecule has 0 unspecified atom stereocenters. The van der Waals surface area contributed by atoms with Gasteiger partial charge in [0.25, 0.3) is 5.91 Å². The van der Waals surface area contributed by atoms with Crippen molar-refractivity contribution in [2.45, 2.75) is 31.9 Å². The van der Waals surface area contributed by atoms with Crippen LogP contribution < -0.4 is 19.5 Å². The van der Waals surface area contributed by atoms with E-state index in [0.29, 0.717) is 12.8 Å². The highest BCUT2D eigenvalue weighted by molar-refractivity contribution is 6.06. The molecular formula is C27H24F4N2O6. The number of halogens is 4. The van der Waals surface area contributed by atoms with Gasteiger partial charge in [-0.05, 0) is 61.6 Å². The van der Waals surface area contributed by atoms with Crippen molar-refractivity contribution in [2.75, 3.05) is 25.6 Å². The third kappa shape index (κ3) is 6.95. The smallest absolute Gasteiger partial charge is 0.416 e. The number of rotatable bonds is 10. The molecule has 3 aromatic rings. The van der Waals surface area contributed by atoms with Crippen molar-refractivity contribution < 1.29 is 46.1 Å². The SMILES string of the molecule is CCOC(=O)COc1cc(F)ccc1Oc1cc(C2CC2)c(C(F)(F)F)cc1C(=O)Nc1ccnc(OC)c1. The molecule has 1 aliphatic carbocycles. The summed E-state index contributed by atoms with van der Waals surface area (Å²) < 4.78 is 77.0. The molecule has 0 saturated heterocycles. The van der Waals surface area contributed by atoms with Gasteiger partial charge in [0.1, 0.15) is 11.6 Å². The van der Waals surface area contributed by atoms with Crippen LogP contribution in [0, 0.1) is 5.82 Å². The molecule has 39 heavy (non-hydrogen) atoms. The van der Waals surface area contributed by atoms with E-state index in [1.165, 1.54) is 37.6 Å². The van der Waals surface area contributed by atoms with E-state index in [9.17, 15) is 27.2 Å². The fraction of sp³-hybridized carbons (Fsp3) is 0.296. The van der Waals surface area contributed by atoms with Crippen molar-refractivity contribution in [3.8, 4) is 23.1 Å². The average Bonchev–Trinajstić information content (AvgIpc) is 3.74. The zero-order valence-corrected chi connectivity index (χ0v) is 20.9. The van der Waals surface area contributed by atoms with Gasteiger partial charge in [-0.3, -0.25) is 4.79 Å². The van der Waals surface area contributed by atoms with Gasteiger partial charge < -0.3 is 24.3 Å². The molecule has 0 atom stereocenters. The van der Waals surface area contributed by atoms with Gasteiger partial charge >= 0.3 is 12.1 Å². The van der Waals surface area contributed by atoms with Gasteiger partial charge in [0, 0.05) is 24.0 Å². The van der Waals surface area contributed by atoms with Crippen LogP contribution in [-0.4, -0.2) is 37.2 Å². The summed E-state index contributed by atoms with van der Waals surface area (Å²) >= 11 is 0. The predicted molar refractivity (Wildman–Crippen MR) is 131 cm³/mol. The highest BCUT2D eigenvalue weighted by Crippen LogP contribution is 2.48. The fourth-order valence-electron chi connectivity index (χ4n) is 3.77. The van der Waals surface area contributed by atoms with E-state index in [1.807, 2.05) is 0 Å². The minimum Gasteiger partial charge on any atom is -0.481 e. The summed E-state index contributed by atoms with van der Waals surface area (Å²) in [4.78, 5) is 28.9. The number of methoxy groups -OCH3 is 1. The Bertz CT molecular complexity index is 1370. The van der Waals surface area contributed by atoms with Crippen LogP contribution in [-0.2, 0) is 15.7 Å². The molecule has 1 saturated carbocycles. The quantitative estimate of drug-likeness (QED) is 0.241. The number of pyridine rings is 1. The first-order chi connectivity index (χ1) is 18.6. The Morgan fingerprint density at radius 3 is 2.49 bits per heavy atom. The van der Waals surface area contributed by atoms with Gasteiger partial charge in [-0.1, -0.05) is 0 Å². The van der Waals surface area contributed by atoms with Crippen LogP contribution >= 0.6 is 0 Å². The minimum absolute atomic E-state index is 0.0178. The summed E-state index contributed by atoms with van der Waals surface area (Å²) in [5, 5.41) is 2.52. The monoisotopic (exact) mass is 548 g/mol. The molecule has 1 fully saturated rings. The second-order valence-electron chi connectivity index (χ2n) is 8.54. The second kappa shape index (κ2) is 11.6. The van der Waals surface area contributed by atoms with Gasteiger partial charge in [0.2, 0.25) is 5.88 Å². The number of benzene rings is 2. The standard InChI is InChI=1S/C27H24F4N2O6/c1-3-37-25(34)14-38-23-10-16(28)6-7-21(23)39-22-13-18(15-4-5-15)20(27(29,30)31)12-19(22)26(35)33-17-8-9-32-24(11-17)36-2/h6-13,15H,3-5,14H2,1-2H3,(H,32,33,35). The van der Waals surface area contributed by atoms with Crippen LogP contribution in [0.4, 0.5) is 23.2 Å². The lowest BCUT2D eigenvalue weighted by molar-refractivity contribution is -0.145. The molecule has 1 aliphatic rings. The van der Waals surface area contributed by atoms with Gasteiger partial charge in [-0.25, -0.2) is 14.2 Å². The number of aromatic nitrogens is 1. The second-order valence-corrected chi connectivity index (χ2v) is 8.54. The van der Waals surface area contributed by atoms with Crippen molar-refractivity contribution in [1.82, 2.24) is 4.98 Å². The molecule has 0 bridgehead atoms. The van der Waals surface area contributed by atoms with E-state index in [1.54, 1.807) is 6.92 Å². The normalized spacial score (nSPS) is 13.0. The van der Waals surface area contributed by atoms with E-state index in [2.05, 4.69) is 10.3 Å². The summed E-state index contributed by atoms with van der Waals surface area (Å²) in [6.45, 7) is 1.14. The molecule has 1 aromatic heterocycles. The summed E-state index contributed by atoms with van der Waals surface area (Å²) in [7, 11) is 1.37. The number of hydrogen-bond donors (Lipinski definition) is 1. The van der Waals surface area contributed by atoms with E-state index in [0.717, 1.165) is 18.2 Å². The first-order valence-electron chi connectivity index (χ1n) is 11.9. The predicted octanol–water partition coefficient (Wildman–Crippen LogP) is 6.11. The Morgan fingerprint density at radius 1 is 1.05 bits per heavy atom. The number of hydrogen-bond acceptors (Lipinski definition) is 7. The van der Waals surface area contributed by atoms with Gasteiger partial charge in [-0.2, -0.15) is 13.2 Å². The minimum atomic E-state index is -4.73. The maximum Gasteiger partial charge on any atom is 0.416 e. The van der Waals surface area contributed by atoms with Crippen LogP contribution in [0.2, 0.25) is 0 Å². The Kier molecular flexibility index (Phi) is 8.22. The number of esters is 1. The number of anilines is 1. The van der Waals surface area contributed by atoms with E-state index < -0.39 is 41.6 Å². The fourth-order valence-corrected chi connectivity index (χ4v) is 3.77. The average molecular weight is 548 g/mol. The number of alkyl halides is 3. The van der Waals surface area contributed by atoms with Crippen molar-refractivity contribution in [1.29, 1.82) is 0 Å². The highest BCUT2D eigenvalue weighted by atomic mass is 19.4. The Balaban J connectivity index is 1.75. The van der Waals surface area contributed by atoms with Crippen molar-refractivity contribution in [3.63, 3.8) is 0 Å². The van der Waals surface area contributed by atoms with Gasteiger partial charge in [-0.15, -0.1) is 0 Å². The molecule has 206 valence electrons. The zero-order chi connectivity index (χ0) is 28.2. The number of carbonyl (C=O) groups excluding carboxylic acids is 2. The van der Waals surface area contributed by atoms with Crippen LogP contribution in [0.3, 0.4) is 0 Å². The molecule has 12 heteroatoms. The van der Waals surface area contributed by atoms with Crippen LogP contribution in [0.1, 0.15) is 47.2 Å². The molecule has 0 aliphatic heterocycles. The van der Waals surface area contributed by atoms with E-state index in [4.69, 9.17) is 18.9 Å². The molecule has 1 amide bonds. The van der Waals surface area contributed by atoms with Gasteiger partial charge in [0.15, 0.2) is 18.1 Å². The first-order valence-corrected chi connectivity index (χ1v) is 11.9. The van der Waals surface area contributed by atoms with Crippen molar-refractivity contribution in [2.24, 2.45) is 0 Å². The summed E-state index contributed by atoms with van der Waals surface area (Å²) in [5.74, 6) is -3.04. The third-order valence-corrected chi connectivity index (χ3v) is 5.70. The Morgan fingerprint density at radius 2 is 1.82 bits per heavy atom. The van der Waals surface area contributed by atoms with Crippen LogP contribution in [0.15, 0.2) is 48.7 Å². The van der Waals surface area contributed by atoms with Crippen LogP contribution in [0.5, 0.6) is 23.1 Å². The summed E-state index contributed by atoms with van der Waals surface area (Å²) in [5.41, 5.74) is -1.18. The molecule has 4 rings (SSSR count). The molecule has 8 nitrogen and oxygen atoms in total. The van der Waals surface area contributed by atoms with E-state index >= 15 is 0 Å². The zero-order valence-electron chi connectivity index (χ0n) is 20.9. The number of nitrogens with one attached hydrogen (secondary N) is 1. The Hall–Kier alpha value is -4.35. The summed E-state index contributed by atoms with van der Waals surface area (Å²) in [6.07, 6.45) is -2.27. The topological polar surface area (TPSA) is 96.0 Å². The summed E-state index contributed by atoms with van der Waals surface area (Å²) in [6, 6.07) is 7.90. The molecule has 0 spiro atoms. The molecule has 1 N–H and O–H groups in total. The largest absolute Gasteiger partial charge is 0.481 e. The number of carbonyl (C=O) groups is 2. The van der Waals surface area contributed by atoms with Gasteiger partial charge in [0.05, 0.1) is 24.8 Å². The molecule has 0 radical (unpaired) electrons. The van der Waals surface area contributed by atoms with Crippen LogP contribution in [0.25, 0.3) is 0 Å². The number of ether oxygens (including phenoxy) is 4. The van der Waals surface area contributed by atoms with Crippen molar-refractivity contribution in [3.05, 3.63) is 71.2 Å². The first kappa shape index (κ1) is 27.7. The number of amides is 1. The lowest BCUT2D eigenvalue weighted by atomic mass is 9.98. The third-order valence-electron chi connectivity index (χ3n) is 5.70. The lowest BCUT2D eigenvalue weighted by Crippen LogP contribution is -2.17. The number of nitrogens with zero attached hydrogens (tertiary/aromatic N) is 1. The lowest BCUT2D eigenvalue weighted by Gasteiger charge is -2.19. The maximum absolute atomic E-state index is 14.0. The Labute approximate surface area is 220 Å². The maximum atomic E-state index is 14.0. The molecule has 2 aromatic carbocycles. The van der Waals surface area contributed by atoms with Crippen molar-refractivity contribution >= 4 is 17.6 Å². The molecular weight excluding hydrogens is 524 g/mol. The highest BCUT2D eigenvalue weighted by Gasteiger charge is 2.40. The molecule has 1 heterocycles. The van der Waals surface area contributed by atoms with E-state index in [-0.39, 0.29) is 46.9 Å².